The van der Waals surface area contributed by atoms with E-state index in [0.717, 1.165) is 5.56 Å². The molecule has 0 saturated heterocycles. The van der Waals surface area contributed by atoms with Gasteiger partial charge in [-0.3, -0.25) is 4.79 Å². The molecule has 4 aromatic carbocycles. The predicted octanol–water partition coefficient (Wildman–Crippen LogP) is 5.14. The van der Waals surface area contributed by atoms with Gasteiger partial charge in [-0.1, -0.05) is 54.1 Å². The van der Waals surface area contributed by atoms with E-state index in [-0.39, 0.29) is 21.4 Å². The molecule has 0 aromatic heterocycles. The van der Waals surface area contributed by atoms with Crippen LogP contribution in [-0.2, 0) is 20.0 Å². The fourth-order valence-electron chi connectivity index (χ4n) is 3.58. The van der Waals surface area contributed by atoms with Gasteiger partial charge in [0.1, 0.15) is 0 Å². The quantitative estimate of drug-likeness (QED) is 0.364. The second kappa shape index (κ2) is 9.96. The van der Waals surface area contributed by atoms with Crippen LogP contribution in [0.5, 0.6) is 0 Å². The van der Waals surface area contributed by atoms with Crippen LogP contribution in [0.2, 0.25) is 0 Å². The van der Waals surface area contributed by atoms with Crippen LogP contribution in [0.3, 0.4) is 0 Å². The topological polar surface area (TPSA) is 101 Å². The molecule has 0 aliphatic rings. The van der Waals surface area contributed by atoms with Crippen LogP contribution in [-0.4, -0.2) is 22.7 Å². The lowest BCUT2D eigenvalue weighted by atomic mass is 10.1. The van der Waals surface area contributed by atoms with Gasteiger partial charge in [-0.15, -0.1) is 0 Å². The van der Waals surface area contributed by atoms with Gasteiger partial charge in [0, 0.05) is 11.3 Å². The molecular formula is C27H24N2O5S2. The van der Waals surface area contributed by atoms with E-state index in [9.17, 15) is 21.6 Å². The Morgan fingerprint density at radius 2 is 1.17 bits per heavy atom. The average Bonchev–Trinajstić information content (AvgIpc) is 2.87. The standard InChI is InChI=1S/C27H24N2O5S2/c1-20-13-15-22(16-14-20)27(30)28-26-18-17-23(19-21(26)2)29(35(31,32)24-9-5-3-6-10-24)36(33,34)25-11-7-4-8-12-25/h3-19H,1-2H3,(H,28,30). The summed E-state index contributed by atoms with van der Waals surface area (Å²) in [7, 11) is -9.00. The molecular weight excluding hydrogens is 496 g/mol. The maximum Gasteiger partial charge on any atom is 0.277 e. The summed E-state index contributed by atoms with van der Waals surface area (Å²) in [5, 5.41) is 2.80. The minimum Gasteiger partial charge on any atom is -0.322 e. The molecule has 184 valence electrons. The van der Waals surface area contributed by atoms with Crippen LogP contribution in [0, 0.1) is 13.8 Å². The Hall–Kier alpha value is -3.95. The Labute approximate surface area is 211 Å². The summed E-state index contributed by atoms with van der Waals surface area (Å²) in [5.41, 5.74) is 2.33. The first-order valence-corrected chi connectivity index (χ1v) is 13.9. The van der Waals surface area contributed by atoms with Crippen molar-refractivity contribution in [3.05, 3.63) is 120 Å². The summed E-state index contributed by atoms with van der Waals surface area (Å²) in [6.07, 6.45) is 0. The van der Waals surface area contributed by atoms with Gasteiger partial charge < -0.3 is 5.32 Å². The third kappa shape index (κ3) is 5.02. The Bertz CT molecular complexity index is 1530. The molecule has 4 rings (SSSR count). The van der Waals surface area contributed by atoms with E-state index in [1.807, 2.05) is 19.1 Å². The van der Waals surface area contributed by atoms with E-state index in [2.05, 4.69) is 5.32 Å². The van der Waals surface area contributed by atoms with E-state index in [4.69, 9.17) is 0 Å². The molecule has 0 unspecified atom stereocenters. The normalized spacial score (nSPS) is 11.6. The largest absolute Gasteiger partial charge is 0.322 e. The number of rotatable bonds is 7. The predicted molar refractivity (Wildman–Crippen MR) is 140 cm³/mol. The molecule has 7 nitrogen and oxygen atoms in total. The number of sulfonamides is 2. The molecule has 0 spiro atoms. The maximum atomic E-state index is 13.6. The lowest BCUT2D eigenvalue weighted by molar-refractivity contribution is 0.102. The molecule has 1 amide bonds. The zero-order valence-corrected chi connectivity index (χ0v) is 21.3. The minimum atomic E-state index is -4.50. The first kappa shape index (κ1) is 25.2. The second-order valence-corrected chi connectivity index (χ2v) is 12.0. The summed E-state index contributed by atoms with van der Waals surface area (Å²) < 4.78 is 54.9. The number of nitrogens with one attached hydrogen (secondary N) is 1. The third-order valence-electron chi connectivity index (χ3n) is 5.50. The lowest BCUT2D eigenvalue weighted by Gasteiger charge is -2.25. The van der Waals surface area contributed by atoms with E-state index < -0.39 is 20.0 Å². The number of aryl methyl sites for hydroxylation is 2. The van der Waals surface area contributed by atoms with Gasteiger partial charge in [0.2, 0.25) is 0 Å². The maximum absolute atomic E-state index is 13.6. The monoisotopic (exact) mass is 520 g/mol. The molecule has 4 aromatic rings. The van der Waals surface area contributed by atoms with E-state index in [1.54, 1.807) is 31.2 Å². The molecule has 0 bridgehead atoms. The van der Waals surface area contributed by atoms with Crippen molar-refractivity contribution in [1.82, 2.24) is 0 Å². The Balaban J connectivity index is 1.78. The molecule has 0 heterocycles. The van der Waals surface area contributed by atoms with Gasteiger partial charge in [0.15, 0.2) is 0 Å². The van der Waals surface area contributed by atoms with Crippen LogP contribution < -0.4 is 9.03 Å². The van der Waals surface area contributed by atoms with Crippen molar-refractivity contribution in [2.45, 2.75) is 23.6 Å². The fraction of sp³-hybridized carbons (Fsp3) is 0.0741. The molecule has 0 aliphatic heterocycles. The van der Waals surface area contributed by atoms with E-state index >= 15 is 0 Å². The first-order valence-electron chi connectivity index (χ1n) is 11.0. The second-order valence-electron chi connectivity index (χ2n) is 8.15. The van der Waals surface area contributed by atoms with Crippen LogP contribution >= 0.6 is 0 Å². The van der Waals surface area contributed by atoms with E-state index in [0.29, 0.717) is 20.5 Å². The van der Waals surface area contributed by atoms with Crippen LogP contribution in [0.4, 0.5) is 11.4 Å². The molecule has 0 saturated carbocycles. The van der Waals surface area contributed by atoms with Crippen molar-refractivity contribution < 1.29 is 21.6 Å². The Morgan fingerprint density at radius 1 is 0.667 bits per heavy atom. The lowest BCUT2D eigenvalue weighted by Crippen LogP contribution is -2.37. The highest BCUT2D eigenvalue weighted by atomic mass is 32.3. The fourth-order valence-corrected chi connectivity index (χ4v) is 7.30. The number of benzene rings is 4. The molecule has 0 radical (unpaired) electrons. The van der Waals surface area contributed by atoms with Gasteiger partial charge in [-0.25, -0.2) is 16.8 Å². The van der Waals surface area contributed by atoms with Crippen LogP contribution in [0.1, 0.15) is 21.5 Å². The zero-order chi connectivity index (χ0) is 25.9. The first-order chi connectivity index (χ1) is 17.1. The molecule has 9 heteroatoms. The van der Waals surface area contributed by atoms with Crippen LogP contribution in [0.15, 0.2) is 113 Å². The van der Waals surface area contributed by atoms with E-state index in [1.165, 1.54) is 66.7 Å². The van der Waals surface area contributed by atoms with Crippen molar-refractivity contribution in [3.8, 4) is 0 Å². The van der Waals surface area contributed by atoms with Crippen molar-refractivity contribution >= 4 is 37.3 Å². The molecule has 1 N–H and O–H groups in total. The van der Waals surface area contributed by atoms with Crippen molar-refractivity contribution in [2.75, 3.05) is 9.03 Å². The number of hydrogen-bond donors (Lipinski definition) is 1. The highest BCUT2D eigenvalue weighted by molar-refractivity contribution is 8.10. The molecule has 0 fully saturated rings. The molecule has 0 atom stereocenters. The average molecular weight is 521 g/mol. The smallest absolute Gasteiger partial charge is 0.277 e. The van der Waals surface area contributed by atoms with Crippen molar-refractivity contribution in [1.29, 1.82) is 0 Å². The third-order valence-corrected chi connectivity index (χ3v) is 9.71. The number of amides is 1. The molecule has 36 heavy (non-hydrogen) atoms. The molecule has 0 aliphatic carbocycles. The van der Waals surface area contributed by atoms with Gasteiger partial charge in [-0.05, 0) is 74.0 Å². The summed E-state index contributed by atoms with van der Waals surface area (Å²) in [5.74, 6) is -0.337. The number of nitrogens with zero attached hydrogens (tertiary/aromatic N) is 1. The number of anilines is 2. The summed E-state index contributed by atoms with van der Waals surface area (Å²) >= 11 is 0. The summed E-state index contributed by atoms with van der Waals surface area (Å²) in [4.78, 5) is 12.3. The highest BCUT2D eigenvalue weighted by Gasteiger charge is 2.37. The summed E-state index contributed by atoms with van der Waals surface area (Å²) in [6.45, 7) is 3.58. The Morgan fingerprint density at radius 3 is 1.64 bits per heavy atom. The zero-order valence-electron chi connectivity index (χ0n) is 19.6. The SMILES string of the molecule is Cc1ccc(C(=O)Nc2ccc(N(S(=O)(=O)c3ccccc3)S(=O)(=O)c3ccccc3)cc2C)cc1. The van der Waals surface area contributed by atoms with Crippen molar-refractivity contribution in [2.24, 2.45) is 0 Å². The van der Waals surface area contributed by atoms with Crippen molar-refractivity contribution in [3.63, 3.8) is 0 Å². The van der Waals surface area contributed by atoms with Gasteiger partial charge in [-0.2, -0.15) is 3.71 Å². The summed E-state index contributed by atoms with van der Waals surface area (Å²) in [6, 6.07) is 26.1. The number of carbonyl (C=O) groups is 1. The number of hydrogen-bond acceptors (Lipinski definition) is 5. The number of carbonyl (C=O) groups excluding carboxylic acids is 1. The van der Waals surface area contributed by atoms with Crippen LogP contribution in [0.25, 0.3) is 0 Å². The van der Waals surface area contributed by atoms with Gasteiger partial charge in [0.25, 0.3) is 26.0 Å². The minimum absolute atomic E-state index is 0.0754. The van der Waals surface area contributed by atoms with Gasteiger partial charge >= 0.3 is 0 Å². The Kier molecular flexibility index (Phi) is 6.96. The highest BCUT2D eigenvalue weighted by Crippen LogP contribution is 2.33. The van der Waals surface area contributed by atoms with Gasteiger partial charge in [0.05, 0.1) is 15.5 Å².